The molecule has 0 N–H and O–H groups in total. The second kappa shape index (κ2) is 4.21. The Bertz CT molecular complexity index is 243. The molecule has 1 unspecified atom stereocenters. The van der Waals surface area contributed by atoms with Gasteiger partial charge in [0.05, 0.1) is 0 Å². The van der Waals surface area contributed by atoms with Crippen molar-refractivity contribution in [1.29, 1.82) is 0 Å². The number of hydrogen-bond donors (Lipinski definition) is 0. The second-order valence-electron chi connectivity index (χ2n) is 3.53. The van der Waals surface area contributed by atoms with E-state index < -0.39 is 0 Å². The third-order valence-electron chi connectivity index (χ3n) is 2.23. The van der Waals surface area contributed by atoms with Gasteiger partial charge in [-0.2, -0.15) is 0 Å². The molecule has 3 nitrogen and oxygen atoms in total. The van der Waals surface area contributed by atoms with Crippen LogP contribution in [0.5, 0.6) is 0 Å². The van der Waals surface area contributed by atoms with E-state index in [1.165, 1.54) is 4.90 Å². The number of amides is 1. The normalized spacial score (nSPS) is 21.7. The van der Waals surface area contributed by atoms with Crippen LogP contribution in [0.25, 0.3) is 0 Å². The third-order valence-corrected chi connectivity index (χ3v) is 2.23. The predicted octanol–water partition coefficient (Wildman–Crippen LogP) is 1.000. The van der Waals surface area contributed by atoms with E-state index in [1.807, 2.05) is 12.2 Å². The Kier molecular flexibility index (Phi) is 3.23. The summed E-state index contributed by atoms with van der Waals surface area (Å²) in [6.07, 6.45) is 5.57. The second-order valence-corrected chi connectivity index (χ2v) is 3.53. The summed E-state index contributed by atoms with van der Waals surface area (Å²) in [5, 5.41) is 0. The van der Waals surface area contributed by atoms with Gasteiger partial charge in [0.25, 0.3) is 0 Å². The van der Waals surface area contributed by atoms with Crippen LogP contribution in [0.4, 0.5) is 0 Å². The van der Waals surface area contributed by atoms with E-state index in [4.69, 9.17) is 0 Å². The van der Waals surface area contributed by atoms with E-state index in [2.05, 4.69) is 0 Å². The molecule has 0 saturated heterocycles. The monoisotopic (exact) mass is 181 g/mol. The fraction of sp³-hybridized carbons (Fsp3) is 0.600. The van der Waals surface area contributed by atoms with Gasteiger partial charge < -0.3 is 4.90 Å². The number of Topliss-reactive ketones (excluding diaryl/α,β-unsaturated/α-hetero) is 1. The molecule has 1 atom stereocenters. The van der Waals surface area contributed by atoms with E-state index in [0.29, 0.717) is 12.8 Å². The van der Waals surface area contributed by atoms with Gasteiger partial charge in [0.15, 0.2) is 0 Å². The average Bonchev–Trinajstić information content (AvgIpc) is 2.08. The number of allylic oxidation sites excluding steroid dienone is 2. The van der Waals surface area contributed by atoms with Crippen molar-refractivity contribution in [2.45, 2.75) is 19.3 Å². The Morgan fingerprint density at radius 1 is 1.62 bits per heavy atom. The number of carbonyl (C=O) groups excluding carboxylic acids is 2. The van der Waals surface area contributed by atoms with E-state index >= 15 is 0 Å². The van der Waals surface area contributed by atoms with Gasteiger partial charge in [-0.15, -0.1) is 0 Å². The molecule has 0 heterocycles. The molecule has 1 rings (SSSR count). The van der Waals surface area contributed by atoms with Crippen molar-refractivity contribution < 1.29 is 9.59 Å². The lowest BCUT2D eigenvalue weighted by atomic mass is 9.91. The van der Waals surface area contributed by atoms with Gasteiger partial charge >= 0.3 is 0 Å². The van der Waals surface area contributed by atoms with Gasteiger partial charge in [-0.25, -0.2) is 0 Å². The van der Waals surface area contributed by atoms with Crippen molar-refractivity contribution in [3.63, 3.8) is 0 Å². The summed E-state index contributed by atoms with van der Waals surface area (Å²) < 4.78 is 0. The Hall–Kier alpha value is -1.12. The molecule has 0 spiro atoms. The van der Waals surface area contributed by atoms with Crippen LogP contribution in [0.2, 0.25) is 0 Å². The quantitative estimate of drug-likeness (QED) is 0.596. The third kappa shape index (κ3) is 2.68. The first kappa shape index (κ1) is 9.96. The lowest BCUT2D eigenvalue weighted by Gasteiger charge is -2.17. The highest BCUT2D eigenvalue weighted by atomic mass is 16.2. The molecule has 1 aliphatic carbocycles. The molecule has 1 amide bonds. The van der Waals surface area contributed by atoms with E-state index in [0.717, 1.165) is 6.42 Å². The summed E-state index contributed by atoms with van der Waals surface area (Å²) in [7, 11) is 3.42. The molecule has 0 aliphatic heterocycles. The van der Waals surface area contributed by atoms with Crippen LogP contribution in [-0.2, 0) is 9.59 Å². The molecule has 0 aromatic heterocycles. The Morgan fingerprint density at radius 3 is 2.85 bits per heavy atom. The number of hydrogen-bond acceptors (Lipinski definition) is 2. The molecule has 72 valence electrons. The average molecular weight is 181 g/mol. The zero-order valence-corrected chi connectivity index (χ0v) is 8.12. The Morgan fingerprint density at radius 2 is 2.31 bits per heavy atom. The van der Waals surface area contributed by atoms with Crippen molar-refractivity contribution in [1.82, 2.24) is 4.90 Å². The molecule has 13 heavy (non-hydrogen) atoms. The minimum atomic E-state index is -0.177. The van der Waals surface area contributed by atoms with Gasteiger partial charge in [0.1, 0.15) is 5.78 Å². The fourth-order valence-corrected chi connectivity index (χ4v) is 1.33. The smallest absolute Gasteiger partial charge is 0.223 e. The Balaban J connectivity index is 2.52. The lowest BCUT2D eigenvalue weighted by Crippen LogP contribution is -2.27. The number of carbonyl (C=O) groups is 2. The molecule has 0 bridgehead atoms. The van der Waals surface area contributed by atoms with Crippen LogP contribution < -0.4 is 0 Å². The molecule has 1 aliphatic rings. The molecule has 0 radical (unpaired) electrons. The van der Waals surface area contributed by atoms with E-state index in [9.17, 15) is 9.59 Å². The molecule has 3 heteroatoms. The maximum atomic E-state index is 11.3. The standard InChI is InChI=1S/C10H15NO2/c1-11(2)10(13)7-8-5-3-4-6-9(8)12/h3,5,8H,4,6-7H2,1-2H3. The van der Waals surface area contributed by atoms with Gasteiger partial charge in [-0.05, 0) is 6.42 Å². The van der Waals surface area contributed by atoms with Crippen LogP contribution >= 0.6 is 0 Å². The first-order chi connectivity index (χ1) is 6.11. The SMILES string of the molecule is CN(C)C(=O)CC1C=CCCC1=O. The van der Waals surface area contributed by atoms with Crippen molar-refractivity contribution >= 4 is 11.7 Å². The zero-order chi connectivity index (χ0) is 9.84. The first-order valence-corrected chi connectivity index (χ1v) is 4.51. The van der Waals surface area contributed by atoms with E-state index in [-0.39, 0.29) is 17.6 Å². The zero-order valence-electron chi connectivity index (χ0n) is 8.12. The summed E-state index contributed by atoms with van der Waals surface area (Å²) in [6.45, 7) is 0. The summed E-state index contributed by atoms with van der Waals surface area (Å²) in [5.74, 6) is 0.0336. The largest absolute Gasteiger partial charge is 0.349 e. The van der Waals surface area contributed by atoms with Crippen molar-refractivity contribution in [2.24, 2.45) is 5.92 Å². The Labute approximate surface area is 78.4 Å². The van der Waals surface area contributed by atoms with Gasteiger partial charge in [0.2, 0.25) is 5.91 Å². The number of nitrogens with zero attached hydrogens (tertiary/aromatic N) is 1. The van der Waals surface area contributed by atoms with Crippen molar-refractivity contribution in [3.8, 4) is 0 Å². The summed E-state index contributed by atoms with van der Waals surface area (Å²) in [5.41, 5.74) is 0. The molecule has 0 aromatic carbocycles. The molecular formula is C10H15NO2. The first-order valence-electron chi connectivity index (χ1n) is 4.51. The van der Waals surface area contributed by atoms with E-state index in [1.54, 1.807) is 14.1 Å². The molecule has 0 fully saturated rings. The highest BCUT2D eigenvalue weighted by molar-refractivity contribution is 5.89. The van der Waals surface area contributed by atoms with Crippen LogP contribution in [0, 0.1) is 5.92 Å². The highest BCUT2D eigenvalue weighted by Crippen LogP contribution is 2.17. The van der Waals surface area contributed by atoms with Crippen molar-refractivity contribution in [2.75, 3.05) is 14.1 Å². The van der Waals surface area contributed by atoms with Gasteiger partial charge in [-0.3, -0.25) is 9.59 Å². The predicted molar refractivity (Wildman–Crippen MR) is 50.2 cm³/mol. The molecule has 0 saturated carbocycles. The van der Waals surface area contributed by atoms with Crippen LogP contribution in [-0.4, -0.2) is 30.7 Å². The van der Waals surface area contributed by atoms with Crippen LogP contribution in [0.15, 0.2) is 12.2 Å². The van der Waals surface area contributed by atoms with Gasteiger partial charge in [-0.1, -0.05) is 12.2 Å². The minimum absolute atomic E-state index is 0.0184. The number of rotatable bonds is 2. The molecule has 0 aromatic rings. The topological polar surface area (TPSA) is 37.4 Å². The molecular weight excluding hydrogens is 166 g/mol. The van der Waals surface area contributed by atoms with Crippen LogP contribution in [0.3, 0.4) is 0 Å². The lowest BCUT2D eigenvalue weighted by molar-refractivity contribution is -0.132. The van der Waals surface area contributed by atoms with Crippen LogP contribution in [0.1, 0.15) is 19.3 Å². The number of ketones is 1. The summed E-state index contributed by atoms with van der Waals surface area (Å²) >= 11 is 0. The fourth-order valence-electron chi connectivity index (χ4n) is 1.33. The maximum Gasteiger partial charge on any atom is 0.223 e. The minimum Gasteiger partial charge on any atom is -0.349 e. The maximum absolute atomic E-state index is 11.3. The summed E-state index contributed by atoms with van der Waals surface area (Å²) in [4.78, 5) is 24.2. The van der Waals surface area contributed by atoms with Gasteiger partial charge in [0, 0.05) is 32.9 Å². The van der Waals surface area contributed by atoms with Crippen molar-refractivity contribution in [3.05, 3.63) is 12.2 Å². The summed E-state index contributed by atoms with van der Waals surface area (Å²) in [6, 6.07) is 0. The highest BCUT2D eigenvalue weighted by Gasteiger charge is 2.21.